The topological polar surface area (TPSA) is 91.4 Å². The molecule has 4 rings (SSSR count). The van der Waals surface area contributed by atoms with Gasteiger partial charge in [0.1, 0.15) is 5.75 Å². The van der Waals surface area contributed by atoms with Crippen LogP contribution in [-0.2, 0) is 9.53 Å². The third-order valence-corrected chi connectivity index (χ3v) is 6.86. The first-order chi connectivity index (χ1) is 17.8. The van der Waals surface area contributed by atoms with Crippen LogP contribution in [0.2, 0.25) is 5.02 Å². The quantitative estimate of drug-likeness (QED) is 0.557. The molecule has 1 fully saturated rings. The molecule has 1 atom stereocenters. The van der Waals surface area contributed by atoms with Crippen molar-refractivity contribution in [2.45, 2.75) is 13.0 Å². The lowest BCUT2D eigenvalue weighted by atomic mass is 9.94. The maximum atomic E-state index is 13.1. The average Bonchev–Trinajstić information content (AvgIpc) is 2.91. The van der Waals surface area contributed by atoms with Gasteiger partial charge in [0.2, 0.25) is 0 Å². The number of amides is 3. The van der Waals surface area contributed by atoms with E-state index in [1.54, 1.807) is 63.5 Å². The highest BCUT2D eigenvalue weighted by Gasteiger charge is 2.38. The van der Waals surface area contributed by atoms with Crippen molar-refractivity contribution >= 4 is 29.5 Å². The van der Waals surface area contributed by atoms with E-state index in [-0.39, 0.29) is 18.5 Å². The number of esters is 1. The highest BCUT2D eigenvalue weighted by atomic mass is 35.5. The number of methoxy groups -OCH3 is 1. The van der Waals surface area contributed by atoms with Gasteiger partial charge in [-0.15, -0.1) is 0 Å². The lowest BCUT2D eigenvalue weighted by Gasteiger charge is -2.39. The number of hydrogen-bond acceptors (Lipinski definition) is 6. The molecule has 2 aliphatic rings. The number of piperazine rings is 1. The van der Waals surface area contributed by atoms with Gasteiger partial charge in [-0.1, -0.05) is 23.7 Å². The Morgan fingerprint density at radius 1 is 1.08 bits per heavy atom. The number of nitrogens with one attached hydrogen (secondary N) is 1. The summed E-state index contributed by atoms with van der Waals surface area (Å²) in [7, 11) is 3.23. The number of nitrogens with zero attached hydrogens (tertiary/aromatic N) is 3. The van der Waals surface area contributed by atoms with Gasteiger partial charge >= 0.3 is 12.0 Å². The van der Waals surface area contributed by atoms with Crippen molar-refractivity contribution in [1.29, 1.82) is 0 Å². The molecule has 0 radical (unpaired) electrons. The number of carbonyl (C=O) groups is 3. The SMILES string of the molecule is CCOC(=O)C1=C(CN2CCN(C(=O)c3ccc(OC)cc3)CC2)N(C)C(=O)N[C@H]1c1cccc(Cl)c1. The molecule has 1 saturated heterocycles. The van der Waals surface area contributed by atoms with Crippen LogP contribution in [0.5, 0.6) is 5.75 Å². The lowest BCUT2D eigenvalue weighted by Crippen LogP contribution is -2.53. The Hall–Kier alpha value is -3.56. The van der Waals surface area contributed by atoms with E-state index in [1.807, 2.05) is 11.0 Å². The Morgan fingerprint density at radius 2 is 1.78 bits per heavy atom. The van der Waals surface area contributed by atoms with Crippen molar-refractivity contribution in [3.63, 3.8) is 0 Å². The summed E-state index contributed by atoms with van der Waals surface area (Å²) in [5.74, 6) is 0.176. The van der Waals surface area contributed by atoms with Crippen LogP contribution < -0.4 is 10.1 Å². The molecular formula is C27H31ClN4O5. The Morgan fingerprint density at radius 3 is 2.41 bits per heavy atom. The van der Waals surface area contributed by atoms with E-state index in [0.29, 0.717) is 65.9 Å². The predicted octanol–water partition coefficient (Wildman–Crippen LogP) is 3.32. The highest BCUT2D eigenvalue weighted by molar-refractivity contribution is 6.30. The maximum absolute atomic E-state index is 13.1. The molecule has 9 nitrogen and oxygen atoms in total. The minimum atomic E-state index is -0.686. The van der Waals surface area contributed by atoms with Crippen LogP contribution in [0, 0.1) is 0 Å². The normalized spacial score (nSPS) is 18.5. The van der Waals surface area contributed by atoms with Gasteiger partial charge in [-0.05, 0) is 48.9 Å². The van der Waals surface area contributed by atoms with Crippen molar-refractivity contribution in [2.24, 2.45) is 0 Å². The fourth-order valence-electron chi connectivity index (χ4n) is 4.57. The van der Waals surface area contributed by atoms with Gasteiger partial charge in [-0.2, -0.15) is 0 Å². The molecule has 0 aliphatic carbocycles. The molecule has 37 heavy (non-hydrogen) atoms. The third kappa shape index (κ3) is 5.89. The zero-order valence-corrected chi connectivity index (χ0v) is 22.0. The van der Waals surface area contributed by atoms with Crippen LogP contribution in [-0.4, -0.2) is 86.1 Å². The fourth-order valence-corrected chi connectivity index (χ4v) is 4.77. The van der Waals surface area contributed by atoms with Gasteiger partial charge in [0.25, 0.3) is 5.91 Å². The number of hydrogen-bond donors (Lipinski definition) is 1. The lowest BCUT2D eigenvalue weighted by molar-refractivity contribution is -0.139. The monoisotopic (exact) mass is 526 g/mol. The van der Waals surface area contributed by atoms with E-state index in [2.05, 4.69) is 10.2 Å². The number of benzene rings is 2. The first kappa shape index (κ1) is 26.5. The second-order valence-corrected chi connectivity index (χ2v) is 9.31. The van der Waals surface area contributed by atoms with Crippen molar-refractivity contribution in [1.82, 2.24) is 20.0 Å². The van der Waals surface area contributed by atoms with Crippen LogP contribution >= 0.6 is 11.6 Å². The summed E-state index contributed by atoms with van der Waals surface area (Å²) < 4.78 is 10.6. The van der Waals surface area contributed by atoms with Gasteiger partial charge in [0, 0.05) is 56.1 Å². The zero-order valence-electron chi connectivity index (χ0n) is 21.2. The number of ether oxygens (including phenoxy) is 2. The summed E-state index contributed by atoms with van der Waals surface area (Å²) in [5, 5.41) is 3.41. The molecule has 1 N–H and O–H groups in total. The van der Waals surface area contributed by atoms with E-state index in [1.165, 1.54) is 4.90 Å². The molecule has 2 aliphatic heterocycles. The predicted molar refractivity (Wildman–Crippen MR) is 139 cm³/mol. The van der Waals surface area contributed by atoms with Crippen molar-refractivity contribution in [3.8, 4) is 5.75 Å². The maximum Gasteiger partial charge on any atom is 0.338 e. The van der Waals surface area contributed by atoms with Gasteiger partial charge < -0.3 is 19.7 Å². The molecule has 3 amide bonds. The first-order valence-electron chi connectivity index (χ1n) is 12.2. The molecule has 0 bridgehead atoms. The number of rotatable bonds is 7. The number of likely N-dealkylation sites (N-methyl/N-ethyl adjacent to an activating group) is 1. The van der Waals surface area contributed by atoms with Gasteiger partial charge in [-0.3, -0.25) is 14.6 Å². The van der Waals surface area contributed by atoms with Crippen molar-refractivity contribution < 1.29 is 23.9 Å². The Balaban J connectivity index is 1.54. The Bertz CT molecular complexity index is 1190. The third-order valence-electron chi connectivity index (χ3n) is 6.62. The smallest absolute Gasteiger partial charge is 0.338 e. The van der Waals surface area contributed by atoms with Crippen LogP contribution in [0.4, 0.5) is 4.79 Å². The number of carbonyl (C=O) groups excluding carboxylic acids is 3. The molecule has 0 aromatic heterocycles. The molecule has 2 aromatic carbocycles. The summed E-state index contributed by atoms with van der Waals surface area (Å²) in [6, 6.07) is 13.1. The van der Waals surface area contributed by atoms with E-state index in [0.717, 1.165) is 0 Å². The summed E-state index contributed by atoms with van der Waals surface area (Å²) in [6.45, 7) is 4.57. The van der Waals surface area contributed by atoms with E-state index in [9.17, 15) is 14.4 Å². The van der Waals surface area contributed by atoms with E-state index in [4.69, 9.17) is 21.1 Å². The van der Waals surface area contributed by atoms with Gasteiger partial charge in [0.15, 0.2) is 0 Å². The summed E-state index contributed by atoms with van der Waals surface area (Å²) >= 11 is 6.21. The second-order valence-electron chi connectivity index (χ2n) is 8.87. The minimum absolute atomic E-state index is 0.0380. The van der Waals surface area contributed by atoms with Crippen LogP contribution in [0.25, 0.3) is 0 Å². The average molecular weight is 527 g/mol. The van der Waals surface area contributed by atoms with Gasteiger partial charge in [-0.25, -0.2) is 9.59 Å². The van der Waals surface area contributed by atoms with Gasteiger partial charge in [0.05, 0.1) is 25.3 Å². The molecule has 2 heterocycles. The number of urea groups is 1. The largest absolute Gasteiger partial charge is 0.497 e. The van der Waals surface area contributed by atoms with Crippen LogP contribution in [0.1, 0.15) is 28.9 Å². The molecule has 0 saturated carbocycles. The summed E-state index contributed by atoms with van der Waals surface area (Å²) in [5.41, 5.74) is 2.25. The second kappa shape index (κ2) is 11.7. The van der Waals surface area contributed by atoms with Crippen LogP contribution in [0.15, 0.2) is 59.8 Å². The molecule has 2 aromatic rings. The number of halogens is 1. The van der Waals surface area contributed by atoms with Crippen LogP contribution in [0.3, 0.4) is 0 Å². The zero-order chi connectivity index (χ0) is 26.5. The molecule has 0 spiro atoms. The molecule has 10 heteroatoms. The first-order valence-corrected chi connectivity index (χ1v) is 12.6. The Labute approximate surface area is 221 Å². The minimum Gasteiger partial charge on any atom is -0.497 e. The van der Waals surface area contributed by atoms with Crippen molar-refractivity contribution in [2.75, 3.05) is 53.5 Å². The molecule has 196 valence electrons. The van der Waals surface area contributed by atoms with E-state index < -0.39 is 12.0 Å². The molecular weight excluding hydrogens is 496 g/mol. The highest BCUT2D eigenvalue weighted by Crippen LogP contribution is 2.32. The summed E-state index contributed by atoms with van der Waals surface area (Å²) in [6.07, 6.45) is 0. The molecule has 0 unspecified atom stereocenters. The van der Waals surface area contributed by atoms with Crippen molar-refractivity contribution in [3.05, 3.63) is 76.0 Å². The standard InChI is InChI=1S/C27H31ClN4O5/c1-4-37-26(34)23-22(30(2)27(35)29-24(23)19-6-5-7-20(28)16-19)17-31-12-14-32(15-13-31)25(33)18-8-10-21(36-3)11-9-18/h5-11,16,24H,4,12-15,17H2,1-3H3,(H,29,35)/t24-/m0/s1. The Kier molecular flexibility index (Phi) is 8.35. The fraction of sp³-hybridized carbons (Fsp3) is 0.370. The summed E-state index contributed by atoms with van der Waals surface area (Å²) in [4.78, 5) is 44.4. The van der Waals surface area contributed by atoms with E-state index >= 15 is 0 Å².